The van der Waals surface area contributed by atoms with Crippen molar-refractivity contribution in [2.75, 3.05) is 11.1 Å². The highest BCUT2D eigenvalue weighted by molar-refractivity contribution is 7.99. The number of thioether (sulfide) groups is 1. The van der Waals surface area contributed by atoms with E-state index in [1.54, 1.807) is 30.3 Å². The predicted octanol–water partition coefficient (Wildman–Crippen LogP) is 3.98. The maximum absolute atomic E-state index is 12.3. The SMILES string of the molecule is C=CCn1c(COc2ccccc2)nnc1SCC(=O)Nc1cccc(C(C)=O)c1. The van der Waals surface area contributed by atoms with Crippen molar-refractivity contribution in [3.8, 4) is 5.75 Å². The third-order valence-electron chi connectivity index (χ3n) is 4.10. The van der Waals surface area contributed by atoms with Gasteiger partial charge < -0.3 is 10.1 Å². The Bertz CT molecular complexity index is 1030. The standard InChI is InChI=1S/C22H22N4O3S/c1-3-12-26-20(14-29-19-10-5-4-6-11-19)24-25-22(26)30-15-21(28)23-18-9-7-8-17(13-18)16(2)27/h3-11,13H,1,12,14-15H2,2H3,(H,23,28). The van der Waals surface area contributed by atoms with Gasteiger partial charge in [0, 0.05) is 17.8 Å². The molecule has 0 saturated carbocycles. The lowest BCUT2D eigenvalue weighted by Crippen LogP contribution is -2.15. The number of hydrogen-bond donors (Lipinski definition) is 1. The summed E-state index contributed by atoms with van der Waals surface area (Å²) in [6.07, 6.45) is 1.74. The number of allylic oxidation sites excluding steroid dienone is 1. The second-order valence-corrected chi connectivity index (χ2v) is 7.32. The molecule has 30 heavy (non-hydrogen) atoms. The minimum absolute atomic E-state index is 0.0525. The van der Waals surface area contributed by atoms with Crippen LogP contribution in [-0.2, 0) is 17.9 Å². The molecule has 1 aromatic heterocycles. The topological polar surface area (TPSA) is 86.1 Å². The van der Waals surface area contributed by atoms with Crippen molar-refractivity contribution in [2.45, 2.75) is 25.2 Å². The fourth-order valence-electron chi connectivity index (χ4n) is 2.65. The number of nitrogens with zero attached hydrogens (tertiary/aromatic N) is 3. The lowest BCUT2D eigenvalue weighted by molar-refractivity contribution is -0.113. The number of aromatic nitrogens is 3. The Morgan fingerprint density at radius 1 is 1.17 bits per heavy atom. The number of amides is 1. The molecule has 1 amide bonds. The highest BCUT2D eigenvalue weighted by Gasteiger charge is 2.14. The van der Waals surface area contributed by atoms with Crippen molar-refractivity contribution in [1.82, 2.24) is 14.8 Å². The van der Waals surface area contributed by atoms with Crippen LogP contribution < -0.4 is 10.1 Å². The third kappa shape index (κ3) is 5.81. The number of Topliss-reactive ketones (excluding diaryl/α,β-unsaturated/α-hetero) is 1. The Balaban J connectivity index is 1.61. The second kappa shape index (κ2) is 10.4. The van der Waals surface area contributed by atoms with E-state index in [1.807, 2.05) is 34.9 Å². The minimum Gasteiger partial charge on any atom is -0.486 e. The molecule has 2 aromatic carbocycles. The first-order valence-electron chi connectivity index (χ1n) is 9.31. The second-order valence-electron chi connectivity index (χ2n) is 6.37. The maximum Gasteiger partial charge on any atom is 0.234 e. The van der Waals surface area contributed by atoms with Gasteiger partial charge in [-0.2, -0.15) is 0 Å². The molecule has 1 heterocycles. The van der Waals surface area contributed by atoms with Gasteiger partial charge in [0.2, 0.25) is 5.91 Å². The molecule has 0 aliphatic heterocycles. The Morgan fingerprint density at radius 2 is 1.97 bits per heavy atom. The predicted molar refractivity (Wildman–Crippen MR) is 117 cm³/mol. The number of carbonyl (C=O) groups excluding carboxylic acids is 2. The van der Waals surface area contributed by atoms with E-state index in [0.29, 0.717) is 28.8 Å². The number of nitrogens with one attached hydrogen (secondary N) is 1. The zero-order chi connectivity index (χ0) is 21.3. The van der Waals surface area contributed by atoms with E-state index in [2.05, 4.69) is 22.1 Å². The molecule has 154 valence electrons. The van der Waals surface area contributed by atoms with Gasteiger partial charge in [0.15, 0.2) is 16.8 Å². The molecule has 0 radical (unpaired) electrons. The van der Waals surface area contributed by atoms with Crippen molar-refractivity contribution in [3.05, 3.63) is 78.6 Å². The summed E-state index contributed by atoms with van der Waals surface area (Å²) in [4.78, 5) is 23.8. The van der Waals surface area contributed by atoms with E-state index in [1.165, 1.54) is 18.7 Å². The molecule has 0 aliphatic carbocycles. The normalized spacial score (nSPS) is 10.4. The van der Waals surface area contributed by atoms with Crippen molar-refractivity contribution in [3.63, 3.8) is 0 Å². The zero-order valence-corrected chi connectivity index (χ0v) is 17.4. The van der Waals surface area contributed by atoms with Crippen LogP contribution in [-0.4, -0.2) is 32.2 Å². The summed E-state index contributed by atoms with van der Waals surface area (Å²) in [7, 11) is 0. The smallest absolute Gasteiger partial charge is 0.234 e. The van der Waals surface area contributed by atoms with Gasteiger partial charge in [-0.25, -0.2) is 0 Å². The Labute approximate surface area is 179 Å². The number of para-hydroxylation sites is 1. The van der Waals surface area contributed by atoms with Crippen molar-refractivity contribution < 1.29 is 14.3 Å². The van der Waals surface area contributed by atoms with Gasteiger partial charge in [0.25, 0.3) is 0 Å². The molecule has 0 unspecified atom stereocenters. The van der Waals surface area contributed by atoms with Gasteiger partial charge in [-0.05, 0) is 31.2 Å². The Kier molecular flexibility index (Phi) is 7.40. The zero-order valence-electron chi connectivity index (χ0n) is 16.6. The van der Waals surface area contributed by atoms with Gasteiger partial charge in [0.1, 0.15) is 12.4 Å². The molecule has 0 saturated heterocycles. The monoisotopic (exact) mass is 422 g/mol. The summed E-state index contributed by atoms with van der Waals surface area (Å²) >= 11 is 1.27. The summed E-state index contributed by atoms with van der Waals surface area (Å²) < 4.78 is 7.62. The number of rotatable bonds is 10. The molecule has 0 fully saturated rings. The average Bonchev–Trinajstić information content (AvgIpc) is 3.13. The average molecular weight is 423 g/mol. The molecule has 8 heteroatoms. The molecule has 3 rings (SSSR count). The Morgan fingerprint density at radius 3 is 2.70 bits per heavy atom. The molecule has 0 atom stereocenters. The van der Waals surface area contributed by atoms with Crippen LogP contribution in [0.4, 0.5) is 5.69 Å². The quantitative estimate of drug-likeness (QED) is 0.302. The summed E-state index contributed by atoms with van der Waals surface area (Å²) in [5.41, 5.74) is 1.13. The van der Waals surface area contributed by atoms with Crippen LogP contribution in [0.1, 0.15) is 23.1 Å². The van der Waals surface area contributed by atoms with Gasteiger partial charge in [-0.15, -0.1) is 16.8 Å². The van der Waals surface area contributed by atoms with E-state index in [0.717, 1.165) is 5.75 Å². The molecular formula is C22H22N4O3S. The maximum atomic E-state index is 12.3. The first-order valence-corrected chi connectivity index (χ1v) is 10.3. The van der Waals surface area contributed by atoms with Crippen LogP contribution in [0.25, 0.3) is 0 Å². The van der Waals surface area contributed by atoms with Crippen LogP contribution in [0.5, 0.6) is 5.75 Å². The first-order chi connectivity index (χ1) is 14.6. The van der Waals surface area contributed by atoms with E-state index >= 15 is 0 Å². The van der Waals surface area contributed by atoms with E-state index in [-0.39, 0.29) is 24.1 Å². The summed E-state index contributed by atoms with van der Waals surface area (Å²) in [5, 5.41) is 11.8. The van der Waals surface area contributed by atoms with Crippen LogP contribution in [0, 0.1) is 0 Å². The fraction of sp³-hybridized carbons (Fsp3) is 0.182. The van der Waals surface area contributed by atoms with E-state index < -0.39 is 0 Å². The molecular weight excluding hydrogens is 400 g/mol. The van der Waals surface area contributed by atoms with Gasteiger partial charge in [-0.3, -0.25) is 14.2 Å². The molecule has 0 aliphatic rings. The number of carbonyl (C=O) groups is 2. The summed E-state index contributed by atoms with van der Waals surface area (Å²) in [5.74, 6) is 1.29. The number of hydrogen-bond acceptors (Lipinski definition) is 6. The summed E-state index contributed by atoms with van der Waals surface area (Å²) in [6.45, 7) is 6.03. The van der Waals surface area contributed by atoms with Crippen molar-refractivity contribution >= 4 is 29.1 Å². The van der Waals surface area contributed by atoms with Crippen LogP contribution in [0.2, 0.25) is 0 Å². The van der Waals surface area contributed by atoms with Crippen LogP contribution >= 0.6 is 11.8 Å². The van der Waals surface area contributed by atoms with Gasteiger partial charge in [-0.1, -0.05) is 48.2 Å². The highest BCUT2D eigenvalue weighted by Crippen LogP contribution is 2.20. The molecule has 1 N–H and O–H groups in total. The molecule has 7 nitrogen and oxygen atoms in total. The van der Waals surface area contributed by atoms with Crippen molar-refractivity contribution in [1.29, 1.82) is 0 Å². The van der Waals surface area contributed by atoms with Gasteiger partial charge >= 0.3 is 0 Å². The number of ketones is 1. The minimum atomic E-state index is -0.198. The summed E-state index contributed by atoms with van der Waals surface area (Å²) in [6, 6.07) is 16.3. The largest absolute Gasteiger partial charge is 0.486 e. The van der Waals surface area contributed by atoms with E-state index in [9.17, 15) is 9.59 Å². The molecule has 0 bridgehead atoms. The molecule has 3 aromatic rings. The van der Waals surface area contributed by atoms with Crippen molar-refractivity contribution in [2.24, 2.45) is 0 Å². The number of benzene rings is 2. The Hall–Kier alpha value is -3.39. The highest BCUT2D eigenvalue weighted by atomic mass is 32.2. The lowest BCUT2D eigenvalue weighted by atomic mass is 10.1. The van der Waals surface area contributed by atoms with Gasteiger partial charge in [0.05, 0.1) is 5.75 Å². The lowest BCUT2D eigenvalue weighted by Gasteiger charge is -2.09. The third-order valence-corrected chi connectivity index (χ3v) is 5.07. The first kappa shape index (κ1) is 21.3. The number of ether oxygens (including phenoxy) is 1. The van der Waals surface area contributed by atoms with E-state index in [4.69, 9.17) is 4.74 Å². The number of anilines is 1. The fourth-order valence-corrected chi connectivity index (χ4v) is 3.42. The van der Waals surface area contributed by atoms with Crippen LogP contribution in [0.15, 0.2) is 72.4 Å². The molecule has 0 spiro atoms. The van der Waals surface area contributed by atoms with Crippen LogP contribution in [0.3, 0.4) is 0 Å².